The highest BCUT2D eigenvalue weighted by Gasteiger charge is 2.62. The van der Waals surface area contributed by atoms with Gasteiger partial charge in [0.2, 0.25) is 5.91 Å². The highest BCUT2D eigenvalue weighted by molar-refractivity contribution is 5.98. The fourth-order valence-corrected chi connectivity index (χ4v) is 5.86. The minimum Gasteiger partial charge on any atom is -0.382 e. The molecule has 0 spiro atoms. The summed E-state index contributed by atoms with van der Waals surface area (Å²) in [6.45, 7) is 9.76. The SMILES string of the molecule is CCCN(CCNc1c(-c2cccc(C(F)(F)F)c2)cnc2[nH]ccc12)C(=O)C1(c2ccc(C)cc2)CC1NC(C)C. The standard InChI is InChI=1S/C33H38F3N5O/c1-5-16-41(31(42)32(19-28(32)40-21(2)3)24-11-9-22(4)10-12-24)17-15-37-29-26-13-14-38-30(26)39-20-27(29)23-7-6-8-25(18-23)33(34,35)36/h6-14,18,20-21,28,40H,5,15-17,19H2,1-4H3,(H2,37,38,39). The number of halogens is 3. The molecule has 3 N–H and O–H groups in total. The number of aromatic amines is 1. The molecule has 6 nitrogen and oxygen atoms in total. The second kappa shape index (κ2) is 11.8. The minimum atomic E-state index is -4.45. The molecule has 1 fully saturated rings. The lowest BCUT2D eigenvalue weighted by atomic mass is 9.92. The molecule has 2 unspecified atom stereocenters. The van der Waals surface area contributed by atoms with Crippen LogP contribution in [0.2, 0.25) is 0 Å². The average molecular weight is 578 g/mol. The summed E-state index contributed by atoms with van der Waals surface area (Å²) in [5, 5.41) is 7.82. The van der Waals surface area contributed by atoms with Crippen molar-refractivity contribution in [1.29, 1.82) is 0 Å². The molecule has 1 aliphatic rings. The number of anilines is 1. The number of H-pyrrole nitrogens is 1. The molecule has 2 aromatic carbocycles. The Morgan fingerprint density at radius 2 is 1.90 bits per heavy atom. The van der Waals surface area contributed by atoms with Crippen LogP contribution in [0.1, 0.15) is 50.3 Å². The highest BCUT2D eigenvalue weighted by atomic mass is 19.4. The molecule has 0 saturated heterocycles. The molecule has 1 aliphatic carbocycles. The van der Waals surface area contributed by atoms with Crippen LogP contribution in [0.25, 0.3) is 22.2 Å². The number of benzene rings is 2. The van der Waals surface area contributed by atoms with Gasteiger partial charge in [0, 0.05) is 55.1 Å². The maximum Gasteiger partial charge on any atom is 0.416 e. The van der Waals surface area contributed by atoms with Crippen LogP contribution < -0.4 is 10.6 Å². The van der Waals surface area contributed by atoms with Crippen molar-refractivity contribution < 1.29 is 18.0 Å². The van der Waals surface area contributed by atoms with Gasteiger partial charge in [-0.15, -0.1) is 0 Å². The van der Waals surface area contributed by atoms with E-state index in [2.05, 4.69) is 65.6 Å². The van der Waals surface area contributed by atoms with E-state index in [9.17, 15) is 18.0 Å². The molecular weight excluding hydrogens is 539 g/mol. The van der Waals surface area contributed by atoms with Crippen LogP contribution in [-0.2, 0) is 16.4 Å². The average Bonchev–Trinajstić information content (AvgIpc) is 3.44. The number of rotatable bonds is 11. The number of hydrogen-bond acceptors (Lipinski definition) is 4. The van der Waals surface area contributed by atoms with Crippen molar-refractivity contribution in [2.45, 2.75) is 64.2 Å². The number of hydrogen-bond donors (Lipinski definition) is 3. The summed E-state index contributed by atoms with van der Waals surface area (Å²) in [4.78, 5) is 23.7. The predicted molar refractivity (Wildman–Crippen MR) is 161 cm³/mol. The van der Waals surface area contributed by atoms with Gasteiger partial charge in [0.05, 0.1) is 16.7 Å². The van der Waals surface area contributed by atoms with Gasteiger partial charge in [0.15, 0.2) is 0 Å². The van der Waals surface area contributed by atoms with Crippen molar-refractivity contribution in [3.8, 4) is 11.1 Å². The Morgan fingerprint density at radius 1 is 1.14 bits per heavy atom. The number of aromatic nitrogens is 2. The fraction of sp³-hybridized carbons (Fsp3) is 0.394. The molecule has 2 atom stereocenters. The van der Waals surface area contributed by atoms with Crippen LogP contribution in [0.3, 0.4) is 0 Å². The lowest BCUT2D eigenvalue weighted by Gasteiger charge is -2.29. The van der Waals surface area contributed by atoms with Gasteiger partial charge in [-0.3, -0.25) is 4.79 Å². The number of nitrogens with zero attached hydrogens (tertiary/aromatic N) is 2. The molecule has 2 aromatic heterocycles. The number of nitrogens with one attached hydrogen (secondary N) is 3. The van der Waals surface area contributed by atoms with Gasteiger partial charge in [-0.1, -0.05) is 62.7 Å². The third-order valence-corrected chi connectivity index (χ3v) is 8.00. The Kier molecular flexibility index (Phi) is 8.32. The maximum absolute atomic E-state index is 14.3. The van der Waals surface area contributed by atoms with Gasteiger partial charge >= 0.3 is 6.18 Å². The second-order valence-electron chi connectivity index (χ2n) is 11.5. The predicted octanol–water partition coefficient (Wildman–Crippen LogP) is 6.92. The molecule has 1 amide bonds. The summed E-state index contributed by atoms with van der Waals surface area (Å²) >= 11 is 0. The third kappa shape index (κ3) is 5.88. The van der Waals surface area contributed by atoms with E-state index >= 15 is 0 Å². The molecule has 5 rings (SSSR count). The van der Waals surface area contributed by atoms with E-state index < -0.39 is 17.2 Å². The lowest BCUT2D eigenvalue weighted by Crippen LogP contribution is -2.46. The van der Waals surface area contributed by atoms with Crippen molar-refractivity contribution in [3.05, 3.63) is 83.7 Å². The second-order valence-corrected chi connectivity index (χ2v) is 11.5. The number of fused-ring (bicyclic) bond motifs is 1. The lowest BCUT2D eigenvalue weighted by molar-refractivity contribution is -0.137. The first kappa shape index (κ1) is 29.6. The number of aryl methyl sites for hydroxylation is 1. The molecule has 222 valence electrons. The molecule has 2 heterocycles. The van der Waals surface area contributed by atoms with Crippen molar-refractivity contribution in [1.82, 2.24) is 20.2 Å². The Bertz CT molecular complexity index is 1550. The van der Waals surface area contributed by atoms with E-state index in [0.717, 1.165) is 41.5 Å². The van der Waals surface area contributed by atoms with Crippen LogP contribution in [0.15, 0.2) is 67.0 Å². The van der Waals surface area contributed by atoms with Gasteiger partial charge in [-0.25, -0.2) is 4.98 Å². The summed E-state index contributed by atoms with van der Waals surface area (Å²) < 4.78 is 40.5. The van der Waals surface area contributed by atoms with Gasteiger partial charge < -0.3 is 20.5 Å². The zero-order valence-electron chi connectivity index (χ0n) is 24.5. The first-order valence-electron chi connectivity index (χ1n) is 14.5. The van der Waals surface area contributed by atoms with Crippen LogP contribution in [0.4, 0.5) is 18.9 Å². The summed E-state index contributed by atoms with van der Waals surface area (Å²) in [6.07, 6.45) is 0.449. The molecule has 0 radical (unpaired) electrons. The number of carbonyl (C=O) groups is 1. The Hall–Kier alpha value is -3.85. The van der Waals surface area contributed by atoms with Crippen molar-refractivity contribution in [2.75, 3.05) is 25.0 Å². The van der Waals surface area contributed by atoms with Gasteiger partial charge in [0.25, 0.3) is 0 Å². The van der Waals surface area contributed by atoms with Crippen LogP contribution in [-0.4, -0.2) is 52.5 Å². The molecule has 42 heavy (non-hydrogen) atoms. The molecule has 4 aromatic rings. The van der Waals surface area contributed by atoms with E-state index in [0.29, 0.717) is 42.1 Å². The number of carbonyl (C=O) groups excluding carboxylic acids is 1. The molecule has 0 aliphatic heterocycles. The van der Waals surface area contributed by atoms with Crippen molar-refractivity contribution >= 4 is 22.6 Å². The van der Waals surface area contributed by atoms with Crippen LogP contribution >= 0.6 is 0 Å². The molecular formula is C33H38F3N5O. The largest absolute Gasteiger partial charge is 0.416 e. The summed E-state index contributed by atoms with van der Waals surface area (Å²) in [6, 6.07) is 15.7. The fourth-order valence-electron chi connectivity index (χ4n) is 5.86. The Labute approximate surface area is 244 Å². The number of amides is 1. The van der Waals surface area contributed by atoms with Crippen LogP contribution in [0, 0.1) is 6.92 Å². The number of pyridine rings is 1. The minimum absolute atomic E-state index is 0.0622. The van der Waals surface area contributed by atoms with Gasteiger partial charge in [-0.2, -0.15) is 13.2 Å². The zero-order valence-corrected chi connectivity index (χ0v) is 24.5. The van der Waals surface area contributed by atoms with E-state index in [1.807, 2.05) is 17.9 Å². The quantitative estimate of drug-likeness (QED) is 0.181. The maximum atomic E-state index is 14.3. The summed E-state index contributed by atoms with van der Waals surface area (Å²) in [5.74, 6) is 0.104. The molecule has 9 heteroatoms. The van der Waals surface area contributed by atoms with Gasteiger partial charge in [-0.05, 0) is 49.1 Å². The smallest absolute Gasteiger partial charge is 0.382 e. The molecule has 1 saturated carbocycles. The topological polar surface area (TPSA) is 73.0 Å². The van der Waals surface area contributed by atoms with Crippen molar-refractivity contribution in [3.63, 3.8) is 0 Å². The summed E-state index contributed by atoms with van der Waals surface area (Å²) in [7, 11) is 0. The van der Waals surface area contributed by atoms with Crippen LogP contribution in [0.5, 0.6) is 0 Å². The Balaban J connectivity index is 1.41. The Morgan fingerprint density at radius 3 is 2.60 bits per heavy atom. The van der Waals surface area contributed by atoms with Gasteiger partial charge in [0.1, 0.15) is 5.65 Å². The third-order valence-electron chi connectivity index (χ3n) is 8.00. The normalized spacial score (nSPS) is 18.4. The monoisotopic (exact) mass is 577 g/mol. The number of alkyl halides is 3. The van der Waals surface area contributed by atoms with E-state index in [4.69, 9.17) is 0 Å². The zero-order chi connectivity index (χ0) is 30.1. The first-order chi connectivity index (χ1) is 20.0. The first-order valence-corrected chi connectivity index (χ1v) is 14.5. The molecule has 0 bridgehead atoms. The van der Waals surface area contributed by atoms with Crippen molar-refractivity contribution in [2.24, 2.45) is 0 Å². The van der Waals surface area contributed by atoms with E-state index in [1.54, 1.807) is 18.5 Å². The van der Waals surface area contributed by atoms with E-state index in [-0.39, 0.29) is 18.0 Å². The highest BCUT2D eigenvalue weighted by Crippen LogP contribution is 2.50. The van der Waals surface area contributed by atoms with E-state index in [1.165, 1.54) is 6.07 Å². The summed E-state index contributed by atoms with van der Waals surface area (Å²) in [5.41, 5.74) is 3.16.